The Morgan fingerprint density at radius 2 is 1.93 bits per heavy atom. The van der Waals surface area contributed by atoms with Gasteiger partial charge in [-0.3, -0.25) is 4.99 Å². The maximum atomic E-state index is 5.77. The van der Waals surface area contributed by atoms with Crippen molar-refractivity contribution < 1.29 is 9.47 Å². The lowest BCUT2D eigenvalue weighted by Gasteiger charge is -2.09. The van der Waals surface area contributed by atoms with Crippen molar-refractivity contribution in [1.82, 2.24) is 0 Å². The lowest BCUT2D eigenvalue weighted by atomic mass is 10.2. The molecule has 0 heterocycles. The fraction of sp³-hybridized carbons (Fsp3) is 0.364. The van der Waals surface area contributed by atoms with Crippen molar-refractivity contribution in [2.45, 2.75) is 6.92 Å². The summed E-state index contributed by atoms with van der Waals surface area (Å²) in [4.78, 5) is 4.12. The van der Waals surface area contributed by atoms with Gasteiger partial charge in [-0.05, 0) is 25.1 Å². The van der Waals surface area contributed by atoms with E-state index in [-0.39, 0.29) is 0 Å². The van der Waals surface area contributed by atoms with Crippen molar-refractivity contribution in [3.05, 3.63) is 23.8 Å². The van der Waals surface area contributed by atoms with E-state index in [1.54, 1.807) is 14.2 Å². The van der Waals surface area contributed by atoms with Gasteiger partial charge < -0.3 is 15.2 Å². The molecule has 0 atom stereocenters. The summed E-state index contributed by atoms with van der Waals surface area (Å²) >= 11 is 0. The number of nitrogens with two attached hydrogens (primary N) is 1. The molecule has 0 saturated heterocycles. The van der Waals surface area contributed by atoms with Crippen molar-refractivity contribution in [2.24, 2.45) is 10.7 Å². The highest BCUT2D eigenvalue weighted by atomic mass is 16.5. The third kappa shape index (κ3) is 2.62. The number of amidine groups is 1. The van der Waals surface area contributed by atoms with Gasteiger partial charge in [-0.15, -0.1) is 0 Å². The lowest BCUT2D eigenvalue weighted by molar-refractivity contribution is 0.355. The summed E-state index contributed by atoms with van der Waals surface area (Å²) in [7, 11) is 3.19. The average molecular weight is 208 g/mol. The number of hydrogen-bond donors (Lipinski definition) is 1. The second-order valence-corrected chi connectivity index (χ2v) is 2.93. The van der Waals surface area contributed by atoms with E-state index in [0.717, 1.165) is 5.56 Å². The van der Waals surface area contributed by atoms with Gasteiger partial charge >= 0.3 is 0 Å². The van der Waals surface area contributed by atoms with Gasteiger partial charge in [0.2, 0.25) is 0 Å². The highest BCUT2D eigenvalue weighted by Crippen LogP contribution is 2.27. The van der Waals surface area contributed by atoms with Crippen LogP contribution in [-0.4, -0.2) is 26.6 Å². The van der Waals surface area contributed by atoms with E-state index in [4.69, 9.17) is 15.2 Å². The van der Waals surface area contributed by atoms with Gasteiger partial charge in [-0.2, -0.15) is 0 Å². The second kappa shape index (κ2) is 5.24. The van der Waals surface area contributed by atoms with Gasteiger partial charge in [0.1, 0.15) is 5.84 Å². The van der Waals surface area contributed by atoms with Crippen LogP contribution in [0, 0.1) is 0 Å². The number of methoxy groups -OCH3 is 2. The van der Waals surface area contributed by atoms with Gasteiger partial charge in [0.05, 0.1) is 14.2 Å². The number of nitrogens with zero attached hydrogens (tertiary/aromatic N) is 1. The van der Waals surface area contributed by atoms with Crippen molar-refractivity contribution in [3.63, 3.8) is 0 Å². The smallest absolute Gasteiger partial charge is 0.161 e. The summed E-state index contributed by atoms with van der Waals surface area (Å²) in [6.45, 7) is 2.60. The number of hydrogen-bond acceptors (Lipinski definition) is 3. The Morgan fingerprint density at radius 1 is 1.27 bits per heavy atom. The molecule has 0 fully saturated rings. The lowest BCUT2D eigenvalue weighted by Crippen LogP contribution is -2.13. The molecule has 2 N–H and O–H groups in total. The van der Waals surface area contributed by atoms with Crippen LogP contribution < -0.4 is 15.2 Å². The van der Waals surface area contributed by atoms with Crippen molar-refractivity contribution >= 4 is 5.84 Å². The molecule has 1 rings (SSSR count). The molecule has 0 unspecified atom stereocenters. The molecule has 15 heavy (non-hydrogen) atoms. The summed E-state index contributed by atoms with van der Waals surface area (Å²) in [6, 6.07) is 5.48. The minimum atomic E-state index is 0.512. The van der Waals surface area contributed by atoms with Crippen LogP contribution in [0.25, 0.3) is 0 Å². The molecule has 0 saturated carbocycles. The van der Waals surface area contributed by atoms with Crippen LogP contribution in [0.5, 0.6) is 11.5 Å². The minimum absolute atomic E-state index is 0.512. The Morgan fingerprint density at radius 3 is 2.47 bits per heavy atom. The van der Waals surface area contributed by atoms with Crippen LogP contribution in [0.4, 0.5) is 0 Å². The van der Waals surface area contributed by atoms with Gasteiger partial charge in [0.15, 0.2) is 11.5 Å². The van der Waals surface area contributed by atoms with E-state index in [0.29, 0.717) is 23.9 Å². The van der Waals surface area contributed by atoms with E-state index < -0.39 is 0 Å². The number of aliphatic imine (C=N–C) groups is 1. The highest BCUT2D eigenvalue weighted by molar-refractivity contribution is 5.98. The van der Waals surface area contributed by atoms with Gasteiger partial charge in [0.25, 0.3) is 0 Å². The third-order valence-electron chi connectivity index (χ3n) is 2.01. The first-order valence-electron chi connectivity index (χ1n) is 4.75. The quantitative estimate of drug-likeness (QED) is 0.601. The molecule has 82 valence electrons. The zero-order chi connectivity index (χ0) is 11.3. The summed E-state index contributed by atoms with van der Waals surface area (Å²) in [6.07, 6.45) is 0. The zero-order valence-electron chi connectivity index (χ0n) is 9.28. The van der Waals surface area contributed by atoms with Crippen molar-refractivity contribution in [1.29, 1.82) is 0 Å². The third-order valence-corrected chi connectivity index (χ3v) is 2.01. The Balaban J connectivity index is 3.08. The molecule has 0 aliphatic heterocycles. The van der Waals surface area contributed by atoms with Crippen molar-refractivity contribution in [3.8, 4) is 11.5 Å². The SMILES string of the molecule is CCN=C(N)c1ccc(OC)c(OC)c1. The highest BCUT2D eigenvalue weighted by Gasteiger charge is 2.06. The molecule has 4 nitrogen and oxygen atoms in total. The Kier molecular flexibility index (Phi) is 3.97. The van der Waals surface area contributed by atoms with E-state index in [2.05, 4.69) is 4.99 Å². The standard InChI is InChI=1S/C11H16N2O2/c1-4-13-11(12)8-5-6-9(14-2)10(7-8)15-3/h5-7H,4H2,1-3H3,(H2,12,13). The fourth-order valence-electron chi connectivity index (χ4n) is 1.26. The number of ether oxygens (including phenoxy) is 2. The van der Waals surface area contributed by atoms with Crippen LogP contribution in [-0.2, 0) is 0 Å². The molecule has 1 aromatic rings. The predicted octanol–water partition coefficient (Wildman–Crippen LogP) is 1.43. The molecule has 0 aliphatic rings. The van der Waals surface area contributed by atoms with Gasteiger partial charge in [0, 0.05) is 12.1 Å². The average Bonchev–Trinajstić information content (AvgIpc) is 2.28. The molecule has 0 aromatic heterocycles. The zero-order valence-corrected chi connectivity index (χ0v) is 9.28. The fourth-order valence-corrected chi connectivity index (χ4v) is 1.26. The summed E-state index contributed by atoms with van der Waals surface area (Å²) in [5, 5.41) is 0. The van der Waals surface area contributed by atoms with Gasteiger partial charge in [-0.1, -0.05) is 0 Å². The van der Waals surface area contributed by atoms with E-state index in [9.17, 15) is 0 Å². The van der Waals surface area contributed by atoms with Crippen LogP contribution in [0.3, 0.4) is 0 Å². The van der Waals surface area contributed by atoms with E-state index in [1.807, 2.05) is 25.1 Å². The Hall–Kier alpha value is -1.71. The van der Waals surface area contributed by atoms with Crippen molar-refractivity contribution in [2.75, 3.05) is 20.8 Å². The number of rotatable bonds is 4. The van der Waals surface area contributed by atoms with Crippen LogP contribution >= 0.6 is 0 Å². The molecule has 1 aromatic carbocycles. The predicted molar refractivity (Wildman–Crippen MR) is 60.8 cm³/mol. The first-order valence-corrected chi connectivity index (χ1v) is 4.75. The second-order valence-electron chi connectivity index (χ2n) is 2.93. The Bertz CT molecular complexity index is 362. The summed E-state index contributed by atoms with van der Waals surface area (Å²) in [5.74, 6) is 1.85. The summed E-state index contributed by atoms with van der Waals surface area (Å²) in [5.41, 5.74) is 6.62. The van der Waals surface area contributed by atoms with Crippen LogP contribution in [0.1, 0.15) is 12.5 Å². The maximum Gasteiger partial charge on any atom is 0.161 e. The minimum Gasteiger partial charge on any atom is -0.493 e. The summed E-state index contributed by atoms with van der Waals surface area (Å²) < 4.78 is 10.3. The number of benzene rings is 1. The first-order chi connectivity index (χ1) is 7.22. The Labute approximate surface area is 89.7 Å². The molecule has 0 aliphatic carbocycles. The van der Waals surface area contributed by atoms with Gasteiger partial charge in [-0.25, -0.2) is 0 Å². The molecule has 4 heteroatoms. The monoisotopic (exact) mass is 208 g/mol. The molecule has 0 amide bonds. The normalized spacial score (nSPS) is 11.3. The molecule has 0 spiro atoms. The largest absolute Gasteiger partial charge is 0.493 e. The molecular formula is C11H16N2O2. The van der Waals surface area contributed by atoms with Crippen LogP contribution in [0.2, 0.25) is 0 Å². The topological polar surface area (TPSA) is 56.8 Å². The maximum absolute atomic E-state index is 5.77. The van der Waals surface area contributed by atoms with Crippen LogP contribution in [0.15, 0.2) is 23.2 Å². The molecule has 0 bridgehead atoms. The first kappa shape index (κ1) is 11.4. The van der Waals surface area contributed by atoms with E-state index in [1.165, 1.54) is 0 Å². The molecule has 0 radical (unpaired) electrons. The van der Waals surface area contributed by atoms with E-state index >= 15 is 0 Å². The molecular weight excluding hydrogens is 192 g/mol.